The third-order valence-corrected chi connectivity index (χ3v) is 4.94. The molecule has 4 heteroatoms. The number of urea groups is 1. The predicted molar refractivity (Wildman–Crippen MR) is 73.4 cm³/mol. The molecule has 2 rings (SSSR count). The smallest absolute Gasteiger partial charge is 0.317 e. The predicted octanol–water partition coefficient (Wildman–Crippen LogP) is 2.57. The van der Waals surface area contributed by atoms with E-state index >= 15 is 0 Å². The van der Waals surface area contributed by atoms with E-state index < -0.39 is 0 Å². The lowest BCUT2D eigenvalue weighted by molar-refractivity contribution is 0.201. The molecule has 2 aliphatic rings. The number of likely N-dealkylation sites (tertiary alicyclic amines) is 1. The molecule has 17 heavy (non-hydrogen) atoms. The molecule has 1 saturated carbocycles. The third-order valence-electron chi connectivity index (χ3n) is 4.20. The molecule has 2 amide bonds. The second-order valence-electron chi connectivity index (χ2n) is 5.37. The molecular formula is C13H24N2OS. The van der Waals surface area contributed by atoms with Crippen LogP contribution < -0.4 is 5.32 Å². The maximum atomic E-state index is 12.1. The molecule has 1 N–H and O–H groups in total. The summed E-state index contributed by atoms with van der Waals surface area (Å²) >= 11 is 1.80. The van der Waals surface area contributed by atoms with Crippen molar-refractivity contribution in [3.8, 4) is 0 Å². The van der Waals surface area contributed by atoms with Crippen LogP contribution in [0.1, 0.15) is 32.6 Å². The van der Waals surface area contributed by atoms with Gasteiger partial charge in [-0.2, -0.15) is 11.8 Å². The number of nitrogens with zero attached hydrogens (tertiary/aromatic N) is 1. The summed E-state index contributed by atoms with van der Waals surface area (Å²) in [6.07, 6.45) is 7.14. The molecule has 0 aromatic carbocycles. The molecule has 0 aromatic rings. The first kappa shape index (κ1) is 13.1. The van der Waals surface area contributed by atoms with Gasteiger partial charge in [0.25, 0.3) is 0 Å². The Bertz CT molecular complexity index is 260. The van der Waals surface area contributed by atoms with E-state index in [1.165, 1.54) is 19.3 Å². The van der Waals surface area contributed by atoms with Gasteiger partial charge in [-0.15, -0.1) is 0 Å². The van der Waals surface area contributed by atoms with Gasteiger partial charge < -0.3 is 10.2 Å². The summed E-state index contributed by atoms with van der Waals surface area (Å²) in [6, 6.07) is 0.498. The SMILES string of the molecule is CCC(CSC)NC(=O)N1CC2CCCC2C1. The largest absolute Gasteiger partial charge is 0.334 e. The van der Waals surface area contributed by atoms with Gasteiger partial charge in [-0.3, -0.25) is 0 Å². The van der Waals surface area contributed by atoms with Crippen molar-refractivity contribution in [1.29, 1.82) is 0 Å². The molecule has 1 aliphatic heterocycles. The van der Waals surface area contributed by atoms with Gasteiger partial charge in [0.2, 0.25) is 0 Å². The molecule has 3 unspecified atom stereocenters. The summed E-state index contributed by atoms with van der Waals surface area (Å²) in [5, 5.41) is 3.16. The monoisotopic (exact) mass is 256 g/mol. The van der Waals surface area contributed by atoms with Crippen LogP contribution in [0.5, 0.6) is 0 Å². The molecular weight excluding hydrogens is 232 g/mol. The van der Waals surface area contributed by atoms with E-state index in [1.54, 1.807) is 11.8 Å². The first-order valence-corrected chi connectivity index (χ1v) is 8.18. The fourth-order valence-electron chi connectivity index (χ4n) is 3.13. The van der Waals surface area contributed by atoms with Crippen LogP contribution >= 0.6 is 11.8 Å². The molecule has 2 fully saturated rings. The van der Waals surface area contributed by atoms with Crippen molar-refractivity contribution in [3.63, 3.8) is 0 Å². The number of rotatable bonds is 4. The van der Waals surface area contributed by atoms with Crippen molar-refractivity contribution in [2.24, 2.45) is 11.8 Å². The Morgan fingerprint density at radius 1 is 1.41 bits per heavy atom. The van der Waals surface area contributed by atoms with Gasteiger partial charge in [-0.25, -0.2) is 4.79 Å². The molecule has 0 spiro atoms. The molecule has 1 aliphatic carbocycles. The number of carbonyl (C=O) groups excluding carboxylic acids is 1. The lowest BCUT2D eigenvalue weighted by Crippen LogP contribution is -2.45. The summed E-state index contributed by atoms with van der Waals surface area (Å²) in [6.45, 7) is 4.12. The highest BCUT2D eigenvalue weighted by Crippen LogP contribution is 2.37. The van der Waals surface area contributed by atoms with Crippen LogP contribution in [0.3, 0.4) is 0 Å². The van der Waals surface area contributed by atoms with E-state index in [9.17, 15) is 4.79 Å². The van der Waals surface area contributed by atoms with E-state index in [4.69, 9.17) is 0 Å². The van der Waals surface area contributed by atoms with E-state index in [1.807, 2.05) is 4.90 Å². The lowest BCUT2D eigenvalue weighted by Gasteiger charge is -2.22. The Hall–Kier alpha value is -0.380. The Morgan fingerprint density at radius 2 is 2.06 bits per heavy atom. The zero-order valence-electron chi connectivity index (χ0n) is 10.9. The van der Waals surface area contributed by atoms with Crippen LogP contribution in [-0.2, 0) is 0 Å². The second-order valence-corrected chi connectivity index (χ2v) is 6.28. The first-order chi connectivity index (χ1) is 8.24. The van der Waals surface area contributed by atoms with E-state index in [0.717, 1.165) is 37.1 Å². The maximum Gasteiger partial charge on any atom is 0.317 e. The van der Waals surface area contributed by atoms with Crippen LogP contribution in [0.4, 0.5) is 4.79 Å². The highest BCUT2D eigenvalue weighted by atomic mass is 32.2. The molecule has 3 nitrogen and oxygen atoms in total. The molecule has 1 heterocycles. The summed E-state index contributed by atoms with van der Waals surface area (Å²) < 4.78 is 0. The zero-order valence-corrected chi connectivity index (χ0v) is 11.8. The van der Waals surface area contributed by atoms with Crippen molar-refractivity contribution in [1.82, 2.24) is 10.2 Å². The van der Waals surface area contributed by atoms with Crippen LogP contribution in [0.2, 0.25) is 0 Å². The number of amides is 2. The van der Waals surface area contributed by atoms with Crippen LogP contribution in [0.25, 0.3) is 0 Å². The van der Waals surface area contributed by atoms with Gasteiger partial charge in [-0.1, -0.05) is 13.3 Å². The Balaban J connectivity index is 1.80. The topological polar surface area (TPSA) is 32.3 Å². The van der Waals surface area contributed by atoms with E-state index in [2.05, 4.69) is 18.5 Å². The van der Waals surface area contributed by atoms with Crippen LogP contribution in [0.15, 0.2) is 0 Å². The molecule has 0 aromatic heterocycles. The summed E-state index contributed by atoms with van der Waals surface area (Å²) in [5.41, 5.74) is 0. The number of hydrogen-bond acceptors (Lipinski definition) is 2. The van der Waals surface area contributed by atoms with Gasteiger partial charge in [0, 0.05) is 24.9 Å². The lowest BCUT2D eigenvalue weighted by atomic mass is 10.0. The standard InChI is InChI=1S/C13H24N2OS/c1-3-12(9-17-2)14-13(16)15-7-10-5-4-6-11(10)8-15/h10-12H,3-9H2,1-2H3,(H,14,16). The molecule has 3 atom stereocenters. The summed E-state index contributed by atoms with van der Waals surface area (Å²) in [5.74, 6) is 2.60. The normalized spacial score (nSPS) is 29.2. The van der Waals surface area contributed by atoms with Crippen molar-refractivity contribution in [3.05, 3.63) is 0 Å². The summed E-state index contributed by atoms with van der Waals surface area (Å²) in [7, 11) is 0. The number of nitrogens with one attached hydrogen (secondary N) is 1. The fourth-order valence-corrected chi connectivity index (χ4v) is 3.85. The molecule has 0 radical (unpaired) electrons. The molecule has 0 bridgehead atoms. The van der Waals surface area contributed by atoms with Crippen LogP contribution in [0, 0.1) is 11.8 Å². The van der Waals surface area contributed by atoms with Gasteiger partial charge in [-0.05, 0) is 37.4 Å². The number of carbonyl (C=O) groups is 1. The highest BCUT2D eigenvalue weighted by Gasteiger charge is 2.38. The average molecular weight is 256 g/mol. The number of hydrogen-bond donors (Lipinski definition) is 1. The van der Waals surface area contributed by atoms with Crippen molar-refractivity contribution in [2.75, 3.05) is 25.1 Å². The van der Waals surface area contributed by atoms with Gasteiger partial charge in [0.1, 0.15) is 0 Å². The van der Waals surface area contributed by atoms with Crippen molar-refractivity contribution < 1.29 is 4.79 Å². The highest BCUT2D eigenvalue weighted by molar-refractivity contribution is 7.98. The number of fused-ring (bicyclic) bond motifs is 1. The summed E-state index contributed by atoms with van der Waals surface area (Å²) in [4.78, 5) is 14.2. The molecule has 1 saturated heterocycles. The maximum absolute atomic E-state index is 12.1. The third kappa shape index (κ3) is 3.09. The first-order valence-electron chi connectivity index (χ1n) is 6.79. The van der Waals surface area contributed by atoms with Gasteiger partial charge in [0.05, 0.1) is 0 Å². The minimum Gasteiger partial charge on any atom is -0.334 e. The Labute approximate surface area is 109 Å². The zero-order chi connectivity index (χ0) is 12.3. The van der Waals surface area contributed by atoms with Crippen molar-refractivity contribution in [2.45, 2.75) is 38.6 Å². The molecule has 98 valence electrons. The Kier molecular flexibility index (Phi) is 4.60. The Morgan fingerprint density at radius 3 is 2.59 bits per heavy atom. The van der Waals surface area contributed by atoms with E-state index in [-0.39, 0.29) is 6.03 Å². The van der Waals surface area contributed by atoms with Gasteiger partial charge in [0.15, 0.2) is 0 Å². The second kappa shape index (κ2) is 5.98. The van der Waals surface area contributed by atoms with E-state index in [0.29, 0.717) is 6.04 Å². The minimum absolute atomic E-state index is 0.167. The number of thioether (sulfide) groups is 1. The van der Waals surface area contributed by atoms with Gasteiger partial charge >= 0.3 is 6.03 Å². The average Bonchev–Trinajstić information content (AvgIpc) is 2.88. The van der Waals surface area contributed by atoms with Crippen LogP contribution in [-0.4, -0.2) is 42.1 Å². The fraction of sp³-hybridized carbons (Fsp3) is 0.923. The van der Waals surface area contributed by atoms with Crippen molar-refractivity contribution >= 4 is 17.8 Å². The minimum atomic E-state index is 0.167. The quantitative estimate of drug-likeness (QED) is 0.838.